The lowest BCUT2D eigenvalue weighted by atomic mass is 10.1. The number of carbonyl (C=O) groups is 2. The van der Waals surface area contributed by atoms with Gasteiger partial charge in [-0.25, -0.2) is 36.7 Å². The van der Waals surface area contributed by atoms with Gasteiger partial charge < -0.3 is 45.9 Å². The third kappa shape index (κ3) is 11.1. The molecule has 344 valence electrons. The van der Waals surface area contributed by atoms with Gasteiger partial charge in [0.2, 0.25) is 21.9 Å². The van der Waals surface area contributed by atoms with Crippen molar-refractivity contribution in [3.05, 3.63) is 77.0 Å². The number of aryl methyl sites for hydroxylation is 2. The molecule has 25 heteroatoms. The second-order valence-electron chi connectivity index (χ2n) is 15.8. The summed E-state index contributed by atoms with van der Waals surface area (Å²) in [5, 5.41) is 16.3. The van der Waals surface area contributed by atoms with Crippen LogP contribution in [0.3, 0.4) is 0 Å². The Morgan fingerprint density at radius 3 is 2.46 bits per heavy atom. The van der Waals surface area contributed by atoms with Crippen LogP contribution in [-0.2, 0) is 28.4 Å². The van der Waals surface area contributed by atoms with Crippen LogP contribution >= 0.6 is 15.9 Å². The number of benzene rings is 2. The van der Waals surface area contributed by atoms with Crippen LogP contribution in [0.5, 0.6) is 5.88 Å². The van der Waals surface area contributed by atoms with E-state index in [0.717, 1.165) is 6.07 Å². The molecule has 0 saturated carbocycles. The van der Waals surface area contributed by atoms with Crippen molar-refractivity contribution in [2.45, 2.75) is 62.9 Å². The van der Waals surface area contributed by atoms with Crippen molar-refractivity contribution < 1.29 is 36.3 Å². The van der Waals surface area contributed by atoms with Gasteiger partial charge in [-0.3, -0.25) is 9.48 Å². The van der Waals surface area contributed by atoms with Gasteiger partial charge >= 0.3 is 6.09 Å². The highest BCUT2D eigenvalue weighted by Crippen LogP contribution is 2.32. The van der Waals surface area contributed by atoms with Gasteiger partial charge in [0.05, 0.1) is 52.8 Å². The molecule has 1 fully saturated rings. The van der Waals surface area contributed by atoms with Crippen LogP contribution in [0.25, 0.3) is 11.2 Å². The SMILES string of the molecule is COc1nn(CCCCNS(=O)(=O)c2ccc(Nc3ncc(Br)c(Nc4cccc(F)c4C(N)=O)n3)cc2)cc1Nc1nc(N2CC(F)[C@H](NC(=O)OC(C)(C)C)C2)nc2c1ncn2C. The smallest absolute Gasteiger partial charge is 0.408 e. The fourth-order valence-corrected chi connectivity index (χ4v) is 8.05. The van der Waals surface area contributed by atoms with Crippen molar-refractivity contribution >= 4 is 89.7 Å². The van der Waals surface area contributed by atoms with Gasteiger partial charge in [-0.15, -0.1) is 5.10 Å². The summed E-state index contributed by atoms with van der Waals surface area (Å²) in [5.41, 5.74) is 6.32. The highest BCUT2D eigenvalue weighted by molar-refractivity contribution is 9.10. The fraction of sp³-hybridized carbons (Fsp3) is 0.350. The number of alkyl halides is 1. The largest absolute Gasteiger partial charge is 0.478 e. The molecule has 1 aliphatic heterocycles. The van der Waals surface area contributed by atoms with Gasteiger partial charge in [0.25, 0.3) is 11.8 Å². The number of carbonyl (C=O) groups excluding carboxylic acids is 2. The summed E-state index contributed by atoms with van der Waals surface area (Å²) in [4.78, 5) is 48.3. The van der Waals surface area contributed by atoms with Crippen molar-refractivity contribution in [2.75, 3.05) is 47.6 Å². The molecule has 0 spiro atoms. The Hall–Kier alpha value is -6.73. The second-order valence-corrected chi connectivity index (χ2v) is 18.4. The Morgan fingerprint density at radius 2 is 1.74 bits per heavy atom. The van der Waals surface area contributed by atoms with E-state index in [1.165, 1.54) is 37.6 Å². The minimum Gasteiger partial charge on any atom is -0.478 e. The first-order chi connectivity index (χ1) is 30.9. The van der Waals surface area contributed by atoms with E-state index < -0.39 is 45.7 Å². The molecule has 5 heterocycles. The maximum Gasteiger partial charge on any atom is 0.408 e. The number of nitrogens with one attached hydrogen (secondary N) is 5. The minimum absolute atomic E-state index is 0.0427. The Kier molecular flexibility index (Phi) is 13.6. The number of nitrogens with zero attached hydrogens (tertiary/aromatic N) is 9. The molecule has 1 aliphatic rings. The molecule has 2 amide bonds. The van der Waals surface area contributed by atoms with Crippen molar-refractivity contribution in [1.29, 1.82) is 0 Å². The monoisotopic (exact) mass is 981 g/mol. The van der Waals surface area contributed by atoms with Gasteiger partial charge in [0.1, 0.15) is 29.1 Å². The number of imidazole rings is 1. The van der Waals surface area contributed by atoms with Crippen molar-refractivity contribution in [2.24, 2.45) is 12.8 Å². The molecule has 7 rings (SSSR count). The predicted molar refractivity (Wildman–Crippen MR) is 241 cm³/mol. The van der Waals surface area contributed by atoms with E-state index in [2.05, 4.69) is 67.0 Å². The molecule has 2 aromatic carbocycles. The van der Waals surface area contributed by atoms with E-state index >= 15 is 4.39 Å². The zero-order chi connectivity index (χ0) is 46.6. The Bertz CT molecular complexity index is 2820. The number of halogens is 3. The molecule has 21 nitrogen and oxygen atoms in total. The number of amides is 2. The third-order valence-corrected chi connectivity index (χ3v) is 11.8. The third-order valence-electron chi connectivity index (χ3n) is 9.74. The van der Waals surface area contributed by atoms with Crippen molar-refractivity contribution in [3.8, 4) is 5.88 Å². The molecule has 6 aromatic rings. The maximum absolute atomic E-state index is 15.2. The number of methoxy groups -OCH3 is 1. The van der Waals surface area contributed by atoms with E-state index in [-0.39, 0.29) is 59.4 Å². The van der Waals surface area contributed by atoms with Crippen LogP contribution in [0, 0.1) is 5.82 Å². The number of nitrogens with two attached hydrogens (primary N) is 1. The van der Waals surface area contributed by atoms with Crippen LogP contribution in [-0.4, -0.2) is 104 Å². The van der Waals surface area contributed by atoms with Gasteiger partial charge in [-0.05, 0) is 85.9 Å². The van der Waals surface area contributed by atoms with Crippen LogP contribution in [0.15, 0.2) is 70.6 Å². The van der Waals surface area contributed by atoms with E-state index in [4.69, 9.17) is 20.2 Å². The first kappa shape index (κ1) is 46.3. The van der Waals surface area contributed by atoms with Gasteiger partial charge in [0.15, 0.2) is 17.0 Å². The maximum atomic E-state index is 15.2. The van der Waals surface area contributed by atoms with Crippen LogP contribution < -0.4 is 41.4 Å². The van der Waals surface area contributed by atoms with Gasteiger partial charge in [-0.2, -0.15) is 15.0 Å². The minimum atomic E-state index is -3.86. The molecule has 0 bridgehead atoms. The molecular weight excluding hydrogens is 937 g/mol. The summed E-state index contributed by atoms with van der Waals surface area (Å²) in [6, 6.07) is 9.15. The number of hydrogen-bond acceptors (Lipinski definition) is 16. The number of ether oxygens (including phenoxy) is 2. The van der Waals surface area contributed by atoms with Gasteiger partial charge in [0, 0.05) is 38.6 Å². The molecule has 0 radical (unpaired) electrons. The summed E-state index contributed by atoms with van der Waals surface area (Å²) in [6.45, 7) is 5.82. The zero-order valence-corrected chi connectivity index (χ0v) is 38.2. The van der Waals surface area contributed by atoms with E-state index in [1.807, 2.05) is 0 Å². The number of hydrogen-bond donors (Lipinski definition) is 6. The number of aromatic nitrogens is 8. The zero-order valence-electron chi connectivity index (χ0n) is 35.8. The van der Waals surface area contributed by atoms with Crippen molar-refractivity contribution in [1.82, 2.24) is 49.3 Å². The standard InChI is InChI=1S/C40H46BrF2N15O6S/c1-40(2,3)64-39(60)51-28-19-57(18-26(28)43)38-53-34(31-35(54-38)56(4)21-46-31)50-29-20-58(55-36(29)63-5)16-7-6-15-47-65(61,62)23-13-11-22(12-14-23)48-37-45-17-24(41)33(52-37)49-27-10-8-9-25(42)30(27)32(44)59/h8-14,17,20-21,26,28,47H,6-7,15-16,18-19H2,1-5H3,(H2,44,59)(H,51,60)(H,50,53,54)(H2,45,48,49,52)/t26?,28-/m1/s1. The molecule has 65 heavy (non-hydrogen) atoms. The average Bonchev–Trinajstić information content (AvgIpc) is 3.94. The Balaban J connectivity index is 0.928. The summed E-state index contributed by atoms with van der Waals surface area (Å²) < 4.78 is 73.0. The molecule has 4 aromatic heterocycles. The highest BCUT2D eigenvalue weighted by atomic mass is 79.9. The normalized spacial score (nSPS) is 15.2. The fourth-order valence-electron chi connectivity index (χ4n) is 6.69. The topological polar surface area (TPSA) is 263 Å². The Labute approximate surface area is 380 Å². The van der Waals surface area contributed by atoms with E-state index in [0.29, 0.717) is 52.2 Å². The highest BCUT2D eigenvalue weighted by Gasteiger charge is 2.37. The molecule has 1 saturated heterocycles. The summed E-state index contributed by atoms with van der Waals surface area (Å²) in [7, 11) is -0.606. The van der Waals surface area contributed by atoms with Crippen LogP contribution in [0.4, 0.5) is 54.2 Å². The first-order valence-corrected chi connectivity index (χ1v) is 22.4. The predicted octanol–water partition coefficient (Wildman–Crippen LogP) is 5.40. The van der Waals surface area contributed by atoms with Crippen molar-refractivity contribution in [3.63, 3.8) is 0 Å². The second kappa shape index (κ2) is 19.2. The van der Waals surface area contributed by atoms with E-state index in [1.54, 1.807) is 66.6 Å². The number of rotatable bonds is 17. The quantitative estimate of drug-likeness (QED) is 0.0625. The lowest BCUT2D eigenvalue weighted by molar-refractivity contribution is 0.0490. The molecule has 2 atom stereocenters. The van der Waals surface area contributed by atoms with Crippen LogP contribution in [0.2, 0.25) is 0 Å². The molecule has 0 aliphatic carbocycles. The molecule has 1 unspecified atom stereocenters. The number of sulfonamides is 1. The number of alkyl carbamates (subject to hydrolysis) is 1. The van der Waals surface area contributed by atoms with Crippen LogP contribution in [0.1, 0.15) is 44.0 Å². The average molecular weight is 983 g/mol. The number of fused-ring (bicyclic) bond motifs is 1. The first-order valence-electron chi connectivity index (χ1n) is 20.1. The summed E-state index contributed by atoms with van der Waals surface area (Å²) in [6.07, 6.45) is 3.69. The van der Waals surface area contributed by atoms with Gasteiger partial charge in [-0.1, -0.05) is 6.07 Å². The number of anilines is 7. The summed E-state index contributed by atoms with van der Waals surface area (Å²) >= 11 is 3.34. The number of primary amides is 1. The van der Waals surface area contributed by atoms with E-state index in [9.17, 15) is 22.4 Å². The summed E-state index contributed by atoms with van der Waals surface area (Å²) in [5.74, 6) is -0.565. The lowest BCUT2D eigenvalue weighted by Crippen LogP contribution is -2.44. The molecule has 7 N–H and O–H groups in total. The molecular formula is C40H46BrF2N15O6S. The number of unbranched alkanes of at least 4 members (excludes halogenated alkanes) is 1. The Morgan fingerprint density at radius 1 is 0.985 bits per heavy atom. The lowest BCUT2D eigenvalue weighted by Gasteiger charge is -2.22.